The molecule has 0 bridgehead atoms. The molecular formula is C14H14N2O2. The lowest BCUT2D eigenvalue weighted by atomic mass is 10.1. The fourth-order valence-corrected chi connectivity index (χ4v) is 2.29. The van der Waals surface area contributed by atoms with Crippen LogP contribution >= 0.6 is 0 Å². The number of para-hydroxylation sites is 1. The highest BCUT2D eigenvalue weighted by molar-refractivity contribution is 6.01. The van der Waals surface area contributed by atoms with Crippen molar-refractivity contribution in [2.45, 2.75) is 13.1 Å². The predicted octanol–water partition coefficient (Wildman–Crippen LogP) is 2.87. The monoisotopic (exact) mass is 242 g/mol. The molecule has 92 valence electrons. The van der Waals surface area contributed by atoms with Gasteiger partial charge in [-0.3, -0.25) is 4.79 Å². The Kier molecular flexibility index (Phi) is 2.55. The molecule has 0 spiro atoms. The summed E-state index contributed by atoms with van der Waals surface area (Å²) >= 11 is 0. The van der Waals surface area contributed by atoms with Crippen molar-refractivity contribution in [1.82, 2.24) is 4.90 Å². The van der Waals surface area contributed by atoms with Crippen LogP contribution in [0.3, 0.4) is 0 Å². The first-order valence-corrected chi connectivity index (χ1v) is 6.01. The number of hydrogen-bond donors (Lipinski definition) is 1. The van der Waals surface area contributed by atoms with Crippen LogP contribution in [0.5, 0.6) is 0 Å². The fourth-order valence-electron chi connectivity index (χ4n) is 2.29. The normalized spacial score (nSPS) is 18.4. The maximum atomic E-state index is 12.4. The van der Waals surface area contributed by atoms with Gasteiger partial charge in [-0.2, -0.15) is 0 Å². The van der Waals surface area contributed by atoms with Crippen LogP contribution < -0.4 is 5.32 Å². The van der Waals surface area contributed by atoms with Gasteiger partial charge in [0.2, 0.25) is 0 Å². The van der Waals surface area contributed by atoms with Gasteiger partial charge in [-0.15, -0.1) is 0 Å². The Bertz CT molecular complexity index is 563. The van der Waals surface area contributed by atoms with E-state index in [1.54, 1.807) is 11.2 Å². The van der Waals surface area contributed by atoms with E-state index in [0.29, 0.717) is 12.1 Å². The third-order valence-corrected chi connectivity index (χ3v) is 3.18. The minimum atomic E-state index is -0.229. The first kappa shape index (κ1) is 10.9. The topological polar surface area (TPSA) is 45.5 Å². The summed E-state index contributed by atoms with van der Waals surface area (Å²) in [6, 6.07) is 11.2. The van der Waals surface area contributed by atoms with Gasteiger partial charge < -0.3 is 14.6 Å². The van der Waals surface area contributed by atoms with Crippen molar-refractivity contribution in [3.05, 3.63) is 54.0 Å². The number of hydrogen-bond acceptors (Lipinski definition) is 3. The van der Waals surface area contributed by atoms with Crippen LogP contribution in [0.4, 0.5) is 5.69 Å². The molecule has 3 rings (SSSR count). The molecule has 0 unspecified atom stereocenters. The van der Waals surface area contributed by atoms with Gasteiger partial charge in [-0.1, -0.05) is 12.1 Å². The summed E-state index contributed by atoms with van der Waals surface area (Å²) in [6.07, 6.45) is 1.39. The number of benzene rings is 1. The summed E-state index contributed by atoms with van der Waals surface area (Å²) in [5.74, 6) is 0.785. The average Bonchev–Trinajstić information content (AvgIpc) is 2.92. The second-order valence-corrected chi connectivity index (χ2v) is 4.20. The smallest absolute Gasteiger partial charge is 0.257 e. The van der Waals surface area contributed by atoms with E-state index in [-0.39, 0.29) is 12.1 Å². The minimum Gasteiger partial charge on any atom is -0.465 e. The van der Waals surface area contributed by atoms with E-state index < -0.39 is 0 Å². The molecule has 0 fully saturated rings. The van der Waals surface area contributed by atoms with Crippen LogP contribution in [0.2, 0.25) is 0 Å². The Morgan fingerprint density at radius 3 is 2.83 bits per heavy atom. The van der Waals surface area contributed by atoms with Gasteiger partial charge in [0.1, 0.15) is 5.76 Å². The van der Waals surface area contributed by atoms with E-state index in [1.807, 2.05) is 43.3 Å². The van der Waals surface area contributed by atoms with Crippen molar-refractivity contribution in [3.8, 4) is 0 Å². The van der Waals surface area contributed by atoms with Crippen molar-refractivity contribution in [2.24, 2.45) is 0 Å². The largest absolute Gasteiger partial charge is 0.465 e. The van der Waals surface area contributed by atoms with Gasteiger partial charge >= 0.3 is 0 Å². The zero-order valence-electron chi connectivity index (χ0n) is 10.1. The quantitative estimate of drug-likeness (QED) is 0.880. The first-order valence-electron chi connectivity index (χ1n) is 6.01. The molecule has 1 aliphatic rings. The van der Waals surface area contributed by atoms with Crippen LogP contribution in [0.25, 0.3) is 0 Å². The Balaban J connectivity index is 2.06. The second kappa shape index (κ2) is 4.22. The van der Waals surface area contributed by atoms with Crippen LogP contribution in [-0.2, 0) is 0 Å². The third-order valence-electron chi connectivity index (χ3n) is 3.18. The number of fused-ring (bicyclic) bond motifs is 1. The van der Waals surface area contributed by atoms with Gasteiger partial charge in [0.25, 0.3) is 5.91 Å². The zero-order chi connectivity index (χ0) is 12.5. The van der Waals surface area contributed by atoms with Crippen molar-refractivity contribution in [2.75, 3.05) is 11.9 Å². The molecule has 1 aromatic carbocycles. The number of furan rings is 1. The lowest BCUT2D eigenvalue weighted by Crippen LogP contribution is -2.42. The lowest BCUT2D eigenvalue weighted by Gasteiger charge is -2.35. The van der Waals surface area contributed by atoms with Gasteiger partial charge in [-0.05, 0) is 31.2 Å². The average molecular weight is 242 g/mol. The Morgan fingerprint density at radius 2 is 2.11 bits per heavy atom. The molecule has 0 aliphatic carbocycles. The van der Waals surface area contributed by atoms with E-state index in [9.17, 15) is 4.79 Å². The van der Waals surface area contributed by atoms with E-state index in [0.717, 1.165) is 11.4 Å². The number of carbonyl (C=O) groups excluding carboxylic acids is 1. The second-order valence-electron chi connectivity index (χ2n) is 4.20. The fraction of sp³-hybridized carbons (Fsp3) is 0.214. The Labute approximate surface area is 105 Å². The molecule has 0 saturated heterocycles. The van der Waals surface area contributed by atoms with Crippen LogP contribution in [-0.4, -0.2) is 17.4 Å². The third kappa shape index (κ3) is 1.57. The van der Waals surface area contributed by atoms with Gasteiger partial charge in [0, 0.05) is 12.2 Å². The SMILES string of the molecule is CCN1C(=O)c2ccccc2N[C@@H]1c1ccco1. The molecule has 4 nitrogen and oxygen atoms in total. The zero-order valence-corrected chi connectivity index (χ0v) is 10.1. The van der Waals surface area contributed by atoms with E-state index in [4.69, 9.17) is 4.42 Å². The van der Waals surface area contributed by atoms with Crippen molar-refractivity contribution in [3.63, 3.8) is 0 Å². The molecule has 2 aromatic rings. The van der Waals surface area contributed by atoms with Crippen molar-refractivity contribution >= 4 is 11.6 Å². The number of carbonyl (C=O) groups is 1. The molecular weight excluding hydrogens is 228 g/mol. The Morgan fingerprint density at radius 1 is 1.28 bits per heavy atom. The molecule has 1 atom stereocenters. The van der Waals surface area contributed by atoms with Gasteiger partial charge in [0.15, 0.2) is 6.17 Å². The summed E-state index contributed by atoms with van der Waals surface area (Å²) < 4.78 is 5.41. The standard InChI is InChI=1S/C14H14N2O2/c1-2-16-13(12-8-5-9-18-12)15-11-7-4-3-6-10(11)14(16)17/h3-9,13,15H,2H2,1H3/t13-/m0/s1. The maximum Gasteiger partial charge on any atom is 0.257 e. The summed E-state index contributed by atoms with van der Waals surface area (Å²) in [6.45, 7) is 2.59. The van der Waals surface area contributed by atoms with Crippen molar-refractivity contribution in [1.29, 1.82) is 0 Å². The number of rotatable bonds is 2. The van der Waals surface area contributed by atoms with E-state index >= 15 is 0 Å². The molecule has 4 heteroatoms. The van der Waals surface area contributed by atoms with Crippen LogP contribution in [0.1, 0.15) is 29.2 Å². The minimum absolute atomic E-state index is 0.0354. The van der Waals surface area contributed by atoms with Gasteiger partial charge in [0.05, 0.1) is 11.8 Å². The molecule has 1 N–H and O–H groups in total. The highest BCUT2D eigenvalue weighted by atomic mass is 16.3. The Hall–Kier alpha value is -2.23. The number of anilines is 1. The van der Waals surface area contributed by atoms with Crippen LogP contribution in [0, 0.1) is 0 Å². The number of amides is 1. The first-order chi connectivity index (χ1) is 8.81. The summed E-state index contributed by atoms with van der Waals surface area (Å²) in [7, 11) is 0. The molecule has 2 heterocycles. The summed E-state index contributed by atoms with van der Waals surface area (Å²) in [5, 5.41) is 3.34. The molecule has 0 saturated carbocycles. The molecule has 18 heavy (non-hydrogen) atoms. The number of nitrogens with zero attached hydrogens (tertiary/aromatic N) is 1. The predicted molar refractivity (Wildman–Crippen MR) is 68.2 cm³/mol. The maximum absolute atomic E-state index is 12.4. The van der Waals surface area contributed by atoms with Crippen LogP contribution in [0.15, 0.2) is 47.1 Å². The summed E-state index contributed by atoms with van der Waals surface area (Å²) in [5.41, 5.74) is 1.57. The summed E-state index contributed by atoms with van der Waals surface area (Å²) in [4.78, 5) is 14.2. The highest BCUT2D eigenvalue weighted by Crippen LogP contribution is 2.32. The molecule has 1 amide bonds. The van der Waals surface area contributed by atoms with Gasteiger partial charge in [-0.25, -0.2) is 0 Å². The molecule has 1 aromatic heterocycles. The molecule has 1 aliphatic heterocycles. The highest BCUT2D eigenvalue weighted by Gasteiger charge is 2.32. The number of nitrogens with one attached hydrogen (secondary N) is 1. The van der Waals surface area contributed by atoms with E-state index in [2.05, 4.69) is 5.32 Å². The molecule has 0 radical (unpaired) electrons. The van der Waals surface area contributed by atoms with E-state index in [1.165, 1.54) is 0 Å². The van der Waals surface area contributed by atoms with Crippen molar-refractivity contribution < 1.29 is 9.21 Å². The lowest BCUT2D eigenvalue weighted by molar-refractivity contribution is 0.0675.